The highest BCUT2D eigenvalue weighted by Crippen LogP contribution is 2.21. The van der Waals surface area contributed by atoms with Crippen molar-refractivity contribution in [3.05, 3.63) is 6.33 Å². The quantitative estimate of drug-likeness (QED) is 0.791. The standard InChI is InChI=1S/C8H11N7OS/c1-2-3-16-6-12-5(9)13-8(14-6)17-7-10-4-11-15-7/h4H,2-3H2,1H3,(H,10,11,15)(H2,9,12,13,14). The highest BCUT2D eigenvalue weighted by atomic mass is 32.2. The highest BCUT2D eigenvalue weighted by molar-refractivity contribution is 7.99. The van der Waals surface area contributed by atoms with Crippen molar-refractivity contribution in [1.82, 2.24) is 30.1 Å². The number of H-pyrrole nitrogens is 1. The average molecular weight is 253 g/mol. The number of nitrogen functional groups attached to an aromatic ring is 1. The Hall–Kier alpha value is -1.90. The molecular weight excluding hydrogens is 242 g/mol. The summed E-state index contributed by atoms with van der Waals surface area (Å²) in [6.07, 6.45) is 2.28. The zero-order valence-electron chi connectivity index (χ0n) is 9.12. The van der Waals surface area contributed by atoms with Gasteiger partial charge in [-0.15, -0.1) is 0 Å². The molecule has 17 heavy (non-hydrogen) atoms. The fraction of sp³-hybridized carbons (Fsp3) is 0.375. The molecule has 9 heteroatoms. The molecule has 0 saturated carbocycles. The lowest BCUT2D eigenvalue weighted by Gasteiger charge is -2.04. The molecular formula is C8H11N7OS. The van der Waals surface area contributed by atoms with E-state index in [2.05, 4.69) is 30.1 Å². The van der Waals surface area contributed by atoms with Crippen LogP contribution in [0.4, 0.5) is 5.95 Å². The van der Waals surface area contributed by atoms with E-state index in [1.54, 1.807) is 0 Å². The van der Waals surface area contributed by atoms with E-state index in [-0.39, 0.29) is 12.0 Å². The second kappa shape index (κ2) is 5.43. The van der Waals surface area contributed by atoms with Gasteiger partial charge in [-0.3, -0.25) is 5.10 Å². The smallest absolute Gasteiger partial charge is 0.322 e. The minimum absolute atomic E-state index is 0.119. The van der Waals surface area contributed by atoms with Crippen LogP contribution in [-0.4, -0.2) is 36.7 Å². The Labute approximate surface area is 101 Å². The summed E-state index contributed by atoms with van der Waals surface area (Å²) in [5.41, 5.74) is 5.56. The van der Waals surface area contributed by atoms with E-state index in [9.17, 15) is 0 Å². The van der Waals surface area contributed by atoms with Crippen LogP contribution in [0.15, 0.2) is 16.6 Å². The molecule has 90 valence electrons. The van der Waals surface area contributed by atoms with E-state index >= 15 is 0 Å². The van der Waals surface area contributed by atoms with Crippen LogP contribution in [0, 0.1) is 0 Å². The number of rotatable bonds is 5. The van der Waals surface area contributed by atoms with Crippen molar-refractivity contribution in [3.63, 3.8) is 0 Å². The van der Waals surface area contributed by atoms with E-state index in [1.165, 1.54) is 18.1 Å². The van der Waals surface area contributed by atoms with Crippen molar-refractivity contribution >= 4 is 17.7 Å². The number of aromatic amines is 1. The van der Waals surface area contributed by atoms with Crippen LogP contribution in [0.25, 0.3) is 0 Å². The molecule has 0 unspecified atom stereocenters. The zero-order chi connectivity index (χ0) is 12.1. The van der Waals surface area contributed by atoms with E-state index in [0.29, 0.717) is 16.9 Å². The SMILES string of the molecule is CCCOc1nc(N)nc(Sc2ncn[nH]2)n1. The Kier molecular flexibility index (Phi) is 3.70. The minimum Gasteiger partial charge on any atom is -0.463 e. The maximum absolute atomic E-state index is 5.56. The van der Waals surface area contributed by atoms with Gasteiger partial charge >= 0.3 is 6.01 Å². The Balaban J connectivity index is 2.13. The number of nitrogens with zero attached hydrogens (tertiary/aromatic N) is 5. The van der Waals surface area contributed by atoms with Gasteiger partial charge in [0.1, 0.15) is 6.33 Å². The molecule has 2 aromatic heterocycles. The van der Waals surface area contributed by atoms with Crippen molar-refractivity contribution < 1.29 is 4.74 Å². The van der Waals surface area contributed by atoms with E-state index in [0.717, 1.165) is 6.42 Å². The average Bonchev–Trinajstić information content (AvgIpc) is 2.78. The van der Waals surface area contributed by atoms with Gasteiger partial charge in [-0.25, -0.2) is 4.98 Å². The van der Waals surface area contributed by atoms with Crippen molar-refractivity contribution in [1.29, 1.82) is 0 Å². The number of nitrogens with two attached hydrogens (primary N) is 1. The number of hydrogen-bond acceptors (Lipinski definition) is 8. The van der Waals surface area contributed by atoms with Crippen molar-refractivity contribution in [2.75, 3.05) is 12.3 Å². The van der Waals surface area contributed by atoms with Crippen molar-refractivity contribution in [3.8, 4) is 6.01 Å². The Morgan fingerprint density at radius 2 is 2.29 bits per heavy atom. The van der Waals surface area contributed by atoms with Crippen LogP contribution in [0.1, 0.15) is 13.3 Å². The third kappa shape index (κ3) is 3.28. The molecule has 2 heterocycles. The van der Waals surface area contributed by atoms with Crippen LogP contribution in [0.2, 0.25) is 0 Å². The second-order valence-electron chi connectivity index (χ2n) is 3.00. The Morgan fingerprint density at radius 3 is 3.00 bits per heavy atom. The molecule has 0 amide bonds. The van der Waals surface area contributed by atoms with Crippen molar-refractivity contribution in [2.45, 2.75) is 23.7 Å². The molecule has 0 saturated heterocycles. The highest BCUT2D eigenvalue weighted by Gasteiger charge is 2.08. The van der Waals surface area contributed by atoms with Gasteiger partial charge in [-0.1, -0.05) is 6.92 Å². The Morgan fingerprint density at radius 1 is 1.41 bits per heavy atom. The van der Waals surface area contributed by atoms with E-state index in [4.69, 9.17) is 10.5 Å². The van der Waals surface area contributed by atoms with E-state index in [1.807, 2.05) is 6.92 Å². The second-order valence-corrected chi connectivity index (χ2v) is 3.96. The topological polar surface area (TPSA) is 115 Å². The zero-order valence-corrected chi connectivity index (χ0v) is 9.94. The molecule has 0 aliphatic carbocycles. The first-order chi connectivity index (χ1) is 8.28. The Bertz CT molecular complexity index is 475. The van der Waals surface area contributed by atoms with Gasteiger partial charge in [0.25, 0.3) is 0 Å². The molecule has 0 spiro atoms. The summed E-state index contributed by atoms with van der Waals surface area (Å²) in [5, 5.41) is 7.41. The lowest BCUT2D eigenvalue weighted by atomic mass is 10.5. The van der Waals surface area contributed by atoms with Gasteiger partial charge in [0.05, 0.1) is 6.61 Å². The number of aromatic nitrogens is 6. The summed E-state index contributed by atoms with van der Waals surface area (Å²) in [4.78, 5) is 15.9. The first-order valence-electron chi connectivity index (χ1n) is 4.95. The maximum Gasteiger partial charge on any atom is 0.322 e. The summed E-state index contributed by atoms with van der Waals surface area (Å²) < 4.78 is 5.29. The summed E-state index contributed by atoms with van der Waals surface area (Å²) in [6.45, 7) is 2.53. The maximum atomic E-state index is 5.56. The molecule has 0 atom stereocenters. The molecule has 0 fully saturated rings. The van der Waals surface area contributed by atoms with Gasteiger partial charge in [0, 0.05) is 0 Å². The fourth-order valence-electron chi connectivity index (χ4n) is 0.986. The summed E-state index contributed by atoms with van der Waals surface area (Å²) in [5.74, 6) is 0.119. The fourth-order valence-corrected chi connectivity index (χ4v) is 1.62. The number of hydrogen-bond donors (Lipinski definition) is 2. The third-order valence-electron chi connectivity index (χ3n) is 1.63. The number of ether oxygens (including phenoxy) is 1. The van der Waals surface area contributed by atoms with Gasteiger partial charge in [0.2, 0.25) is 11.1 Å². The first-order valence-corrected chi connectivity index (χ1v) is 5.77. The van der Waals surface area contributed by atoms with Gasteiger partial charge in [-0.2, -0.15) is 20.1 Å². The summed E-state index contributed by atoms with van der Waals surface area (Å²) in [7, 11) is 0. The molecule has 2 rings (SSSR count). The van der Waals surface area contributed by atoms with Crippen LogP contribution in [-0.2, 0) is 0 Å². The van der Waals surface area contributed by atoms with Crippen molar-refractivity contribution in [2.24, 2.45) is 0 Å². The molecule has 0 bridgehead atoms. The van der Waals surface area contributed by atoms with Crippen LogP contribution in [0.5, 0.6) is 6.01 Å². The van der Waals surface area contributed by atoms with Gasteiger partial charge < -0.3 is 10.5 Å². The van der Waals surface area contributed by atoms with Crippen LogP contribution in [0.3, 0.4) is 0 Å². The molecule has 0 aromatic carbocycles. The lowest BCUT2D eigenvalue weighted by Crippen LogP contribution is -2.05. The predicted octanol–water partition coefficient (Wildman–Crippen LogP) is 0.512. The first kappa shape index (κ1) is 11.6. The molecule has 2 aromatic rings. The summed E-state index contributed by atoms with van der Waals surface area (Å²) >= 11 is 1.20. The molecule has 3 N–H and O–H groups in total. The van der Waals surface area contributed by atoms with Crippen LogP contribution < -0.4 is 10.5 Å². The monoisotopic (exact) mass is 253 g/mol. The molecule has 0 aliphatic heterocycles. The van der Waals surface area contributed by atoms with Gasteiger partial charge in [0.15, 0.2) is 5.16 Å². The third-order valence-corrected chi connectivity index (χ3v) is 2.38. The largest absolute Gasteiger partial charge is 0.463 e. The lowest BCUT2D eigenvalue weighted by molar-refractivity contribution is 0.288. The van der Waals surface area contributed by atoms with E-state index < -0.39 is 0 Å². The normalized spacial score (nSPS) is 10.4. The molecule has 0 radical (unpaired) electrons. The van der Waals surface area contributed by atoms with Crippen LogP contribution >= 0.6 is 11.8 Å². The number of nitrogens with one attached hydrogen (secondary N) is 1. The van der Waals surface area contributed by atoms with Gasteiger partial charge in [-0.05, 0) is 18.2 Å². The summed E-state index contributed by atoms with van der Waals surface area (Å²) in [6, 6.07) is 0.223. The predicted molar refractivity (Wildman–Crippen MR) is 60.5 cm³/mol. The minimum atomic E-state index is 0.119. The molecule has 0 aliphatic rings. The number of anilines is 1. The molecule has 8 nitrogen and oxygen atoms in total.